The average Bonchev–Trinajstić information content (AvgIpc) is 3.55. The van der Waals surface area contributed by atoms with E-state index in [-0.39, 0.29) is 12.2 Å². The molecule has 2 saturated heterocycles. The Balaban J connectivity index is 0.000000202. The quantitative estimate of drug-likeness (QED) is 0.218. The summed E-state index contributed by atoms with van der Waals surface area (Å²) in [5.41, 5.74) is 5.05. The number of amides is 2. The smallest absolute Gasteiger partial charge is 0.410 e. The maximum absolute atomic E-state index is 12.4. The zero-order valence-corrected chi connectivity index (χ0v) is 36.3. The molecule has 0 spiro atoms. The van der Waals surface area contributed by atoms with Gasteiger partial charge in [0.1, 0.15) is 11.2 Å². The Bertz CT molecular complexity index is 1860. The van der Waals surface area contributed by atoms with E-state index in [9.17, 15) is 9.59 Å². The lowest BCUT2D eigenvalue weighted by atomic mass is 9.99. The molecule has 0 radical (unpaired) electrons. The van der Waals surface area contributed by atoms with Gasteiger partial charge in [0.15, 0.2) is 0 Å². The highest BCUT2D eigenvalue weighted by molar-refractivity contribution is 9.10. The number of aromatic nitrogens is 2. The zero-order chi connectivity index (χ0) is 40.3. The van der Waals surface area contributed by atoms with Gasteiger partial charge in [-0.15, -0.1) is 0 Å². The van der Waals surface area contributed by atoms with Crippen LogP contribution in [-0.4, -0.2) is 95.5 Å². The number of hydrogen-bond acceptors (Lipinski definition) is 8. The molecule has 4 heterocycles. The van der Waals surface area contributed by atoms with Crippen LogP contribution in [0.1, 0.15) is 105 Å². The highest BCUT2D eigenvalue weighted by atomic mass is 79.9. The van der Waals surface area contributed by atoms with Crippen molar-refractivity contribution in [2.24, 2.45) is 0 Å². The molecule has 2 aromatic carbocycles. The Morgan fingerprint density at radius 1 is 0.673 bits per heavy atom. The van der Waals surface area contributed by atoms with Gasteiger partial charge in [-0.05, 0) is 136 Å². The van der Waals surface area contributed by atoms with Crippen LogP contribution in [0.2, 0.25) is 0 Å². The summed E-state index contributed by atoms with van der Waals surface area (Å²) in [6, 6.07) is 17.0. The Morgan fingerprint density at radius 3 is 1.78 bits per heavy atom. The van der Waals surface area contributed by atoms with Crippen LogP contribution in [-0.2, 0) is 9.47 Å². The van der Waals surface area contributed by atoms with Gasteiger partial charge >= 0.3 is 12.2 Å². The molecule has 0 bridgehead atoms. The summed E-state index contributed by atoms with van der Waals surface area (Å²) in [7, 11) is 0. The van der Waals surface area contributed by atoms with Crippen LogP contribution >= 0.6 is 15.9 Å². The molecule has 2 amide bonds. The van der Waals surface area contributed by atoms with Gasteiger partial charge in [-0.25, -0.2) is 9.59 Å². The molecule has 10 nitrogen and oxygen atoms in total. The first-order valence-electron chi connectivity index (χ1n) is 19.8. The Kier molecular flexibility index (Phi) is 15.7. The summed E-state index contributed by atoms with van der Waals surface area (Å²) in [6.45, 7) is 26.7. The monoisotopic (exact) mass is 818 g/mol. The van der Waals surface area contributed by atoms with E-state index in [2.05, 4.69) is 100 Å². The van der Waals surface area contributed by atoms with Gasteiger partial charge in [0, 0.05) is 73.5 Å². The number of anilines is 1. The van der Waals surface area contributed by atoms with Crippen LogP contribution in [0.5, 0.6) is 0 Å². The molecule has 300 valence electrons. The molecule has 6 rings (SSSR count). The average molecular weight is 820 g/mol. The van der Waals surface area contributed by atoms with Crippen molar-refractivity contribution >= 4 is 55.6 Å². The zero-order valence-electron chi connectivity index (χ0n) is 34.7. The van der Waals surface area contributed by atoms with Crippen molar-refractivity contribution < 1.29 is 19.1 Å². The van der Waals surface area contributed by atoms with Crippen molar-refractivity contribution in [2.75, 3.05) is 57.3 Å². The minimum atomic E-state index is -0.463. The van der Waals surface area contributed by atoms with Gasteiger partial charge in [-0.1, -0.05) is 39.8 Å². The normalized spacial score (nSPS) is 15.5. The molecule has 0 aliphatic carbocycles. The summed E-state index contributed by atoms with van der Waals surface area (Å²) in [5, 5.41) is 5.62. The van der Waals surface area contributed by atoms with Crippen molar-refractivity contribution in [2.45, 2.75) is 105 Å². The van der Waals surface area contributed by atoms with E-state index in [0.717, 1.165) is 74.2 Å². The molecule has 55 heavy (non-hydrogen) atoms. The van der Waals surface area contributed by atoms with Gasteiger partial charge in [-0.3, -0.25) is 9.97 Å². The first kappa shape index (κ1) is 43.8. The summed E-state index contributed by atoms with van der Waals surface area (Å²) in [4.78, 5) is 39.0. The number of halogens is 1. The predicted octanol–water partition coefficient (Wildman–Crippen LogP) is 10.1. The number of nitrogens with one attached hydrogen (secondary N) is 1. The van der Waals surface area contributed by atoms with E-state index < -0.39 is 11.2 Å². The van der Waals surface area contributed by atoms with Crippen LogP contribution in [0.25, 0.3) is 21.8 Å². The van der Waals surface area contributed by atoms with Crippen molar-refractivity contribution in [3.05, 3.63) is 76.5 Å². The third-order valence-corrected chi connectivity index (χ3v) is 9.81. The lowest BCUT2D eigenvalue weighted by Crippen LogP contribution is -2.39. The highest BCUT2D eigenvalue weighted by Crippen LogP contribution is 2.31. The van der Waals surface area contributed by atoms with Crippen LogP contribution < -0.4 is 10.2 Å². The standard InChI is InChI=1S/C22H31N3O2.C12H12BrN.C10H20N2O2/c1-16(2)18-14-17-8-6-9-23-20(17)19(15-18)24-10-7-11-25(13-12-24)21(26)27-22(3,4)5;1-8(2)10-6-9-4-3-5-14-12(9)11(13)7-10;1-10(2,3)14-9(13)12-7-4-5-11-6-8-12/h6,8-9,14-16H,7,10-13H2,1-5H3;3-8H,1-2H3;11H,4-8H2,1-3H3. The van der Waals surface area contributed by atoms with E-state index in [1.807, 2.05) is 71.0 Å². The van der Waals surface area contributed by atoms with Gasteiger partial charge in [0.2, 0.25) is 0 Å². The van der Waals surface area contributed by atoms with Crippen molar-refractivity contribution in [3.63, 3.8) is 0 Å². The number of carbonyl (C=O) groups is 2. The largest absolute Gasteiger partial charge is 0.444 e. The number of fused-ring (bicyclic) bond motifs is 2. The molecule has 2 aliphatic rings. The fourth-order valence-electron chi connectivity index (χ4n) is 6.30. The maximum atomic E-state index is 12.4. The fraction of sp³-hybridized carbons (Fsp3) is 0.545. The van der Waals surface area contributed by atoms with E-state index in [1.54, 1.807) is 4.90 Å². The second-order valence-corrected chi connectivity index (χ2v) is 17.7. The van der Waals surface area contributed by atoms with E-state index in [0.29, 0.717) is 18.4 Å². The Hall–Kier alpha value is -3.96. The van der Waals surface area contributed by atoms with Crippen LogP contribution in [0.15, 0.2) is 65.4 Å². The number of hydrogen-bond donors (Lipinski definition) is 1. The van der Waals surface area contributed by atoms with E-state index in [1.165, 1.54) is 27.6 Å². The van der Waals surface area contributed by atoms with E-state index >= 15 is 0 Å². The van der Waals surface area contributed by atoms with Gasteiger partial charge in [-0.2, -0.15) is 0 Å². The number of ether oxygens (including phenoxy) is 2. The van der Waals surface area contributed by atoms with Crippen LogP contribution in [0.4, 0.5) is 15.3 Å². The molecule has 0 atom stereocenters. The van der Waals surface area contributed by atoms with Crippen molar-refractivity contribution in [3.8, 4) is 0 Å². The first-order valence-corrected chi connectivity index (χ1v) is 20.6. The van der Waals surface area contributed by atoms with Crippen LogP contribution in [0.3, 0.4) is 0 Å². The molecular weight excluding hydrogens is 756 g/mol. The summed E-state index contributed by atoms with van der Waals surface area (Å²) in [5.74, 6) is 1.01. The summed E-state index contributed by atoms with van der Waals surface area (Å²) >= 11 is 3.55. The fourth-order valence-corrected chi connectivity index (χ4v) is 6.89. The molecule has 11 heteroatoms. The highest BCUT2D eigenvalue weighted by Gasteiger charge is 2.26. The van der Waals surface area contributed by atoms with Crippen molar-refractivity contribution in [1.29, 1.82) is 0 Å². The number of pyridine rings is 2. The first-order chi connectivity index (χ1) is 25.9. The topological polar surface area (TPSA) is 100 Å². The molecule has 0 saturated carbocycles. The molecular formula is C44H63BrN6O4. The Morgan fingerprint density at radius 2 is 1.20 bits per heavy atom. The second-order valence-electron chi connectivity index (χ2n) is 16.9. The second kappa shape index (κ2) is 19.8. The molecule has 0 unspecified atom stereocenters. The number of benzene rings is 2. The Labute approximate surface area is 337 Å². The molecule has 1 N–H and O–H groups in total. The third-order valence-electron chi connectivity index (χ3n) is 9.20. The number of nitrogens with zero attached hydrogens (tertiary/aromatic N) is 5. The van der Waals surface area contributed by atoms with Gasteiger partial charge < -0.3 is 29.5 Å². The number of rotatable bonds is 3. The summed E-state index contributed by atoms with van der Waals surface area (Å²) < 4.78 is 11.9. The predicted molar refractivity (Wildman–Crippen MR) is 229 cm³/mol. The minimum absolute atomic E-state index is 0.193. The lowest BCUT2D eigenvalue weighted by Gasteiger charge is -2.27. The minimum Gasteiger partial charge on any atom is -0.444 e. The van der Waals surface area contributed by atoms with Crippen LogP contribution in [0, 0.1) is 0 Å². The molecule has 2 aliphatic heterocycles. The summed E-state index contributed by atoms with van der Waals surface area (Å²) in [6.07, 6.45) is 5.18. The lowest BCUT2D eigenvalue weighted by molar-refractivity contribution is 0.0252. The molecule has 4 aromatic rings. The van der Waals surface area contributed by atoms with Gasteiger partial charge in [0.25, 0.3) is 0 Å². The molecule has 2 aromatic heterocycles. The molecule has 2 fully saturated rings. The third kappa shape index (κ3) is 13.6. The van der Waals surface area contributed by atoms with Crippen molar-refractivity contribution in [1.82, 2.24) is 25.1 Å². The maximum Gasteiger partial charge on any atom is 0.410 e. The SMILES string of the molecule is CC(C)(C)OC(=O)N1CCCNCC1.CC(C)c1cc(Br)c2ncccc2c1.CC(C)c1cc(N2CCCN(C(=O)OC(C)(C)C)CC2)c2ncccc2c1. The number of carbonyl (C=O) groups excluding carboxylic acids is 2. The van der Waals surface area contributed by atoms with Gasteiger partial charge in [0.05, 0.1) is 16.7 Å². The van der Waals surface area contributed by atoms with E-state index in [4.69, 9.17) is 9.47 Å².